The summed E-state index contributed by atoms with van der Waals surface area (Å²) in [5.74, 6) is -0.210. The average molecular weight is 588 g/mol. The summed E-state index contributed by atoms with van der Waals surface area (Å²) in [5, 5.41) is 0.518. The van der Waals surface area contributed by atoms with Gasteiger partial charge in [-0.2, -0.15) is 4.31 Å². The lowest BCUT2D eigenvalue weighted by Gasteiger charge is -2.40. The fraction of sp³-hybridized carbons (Fsp3) is 0.242. The van der Waals surface area contributed by atoms with Crippen LogP contribution in [0.15, 0.2) is 114 Å². The highest BCUT2D eigenvalue weighted by atomic mass is 35.5. The van der Waals surface area contributed by atoms with E-state index in [2.05, 4.69) is 29.2 Å². The summed E-state index contributed by atoms with van der Waals surface area (Å²) in [5.41, 5.74) is 4.09. The Kier molecular flexibility index (Phi) is 9.20. The van der Waals surface area contributed by atoms with Crippen molar-refractivity contribution in [3.05, 3.63) is 136 Å². The number of sulfonamides is 1. The first-order valence-electron chi connectivity index (χ1n) is 13.7. The summed E-state index contributed by atoms with van der Waals surface area (Å²) in [6, 6.07) is 34.6. The molecule has 1 aliphatic rings. The van der Waals surface area contributed by atoms with Gasteiger partial charge in [-0.15, -0.1) is 0 Å². The van der Waals surface area contributed by atoms with Crippen LogP contribution in [0.5, 0.6) is 0 Å². The Morgan fingerprint density at radius 2 is 1.39 bits per heavy atom. The molecule has 212 valence electrons. The SMILES string of the molecule is Cc1ccc(S(=O)(=O)N(CC(=O)N2CCN(C(c3ccccc3)c3ccccc3)CC2)Cc2cccc(Cl)c2)cc1. The molecule has 1 aliphatic heterocycles. The van der Waals surface area contributed by atoms with E-state index in [1.54, 1.807) is 47.4 Å². The molecule has 0 aliphatic carbocycles. The van der Waals surface area contributed by atoms with Crippen molar-refractivity contribution in [3.8, 4) is 0 Å². The van der Waals surface area contributed by atoms with Crippen LogP contribution in [-0.4, -0.2) is 61.2 Å². The maximum Gasteiger partial charge on any atom is 0.243 e. The molecule has 1 saturated heterocycles. The normalized spacial score (nSPS) is 14.5. The van der Waals surface area contributed by atoms with Crippen molar-refractivity contribution < 1.29 is 13.2 Å². The molecule has 4 aromatic carbocycles. The van der Waals surface area contributed by atoms with Gasteiger partial charge in [-0.05, 0) is 47.9 Å². The van der Waals surface area contributed by atoms with Crippen LogP contribution < -0.4 is 0 Å². The molecule has 1 fully saturated rings. The van der Waals surface area contributed by atoms with Gasteiger partial charge in [0.05, 0.1) is 17.5 Å². The zero-order valence-corrected chi connectivity index (χ0v) is 24.6. The maximum atomic E-state index is 13.7. The fourth-order valence-electron chi connectivity index (χ4n) is 5.29. The number of halogens is 1. The second-order valence-corrected chi connectivity index (χ2v) is 12.7. The molecule has 0 N–H and O–H groups in total. The van der Waals surface area contributed by atoms with Crippen LogP contribution in [-0.2, 0) is 21.4 Å². The van der Waals surface area contributed by atoms with E-state index in [0.29, 0.717) is 31.2 Å². The Bertz CT molecular complexity index is 1520. The quantitative estimate of drug-likeness (QED) is 0.249. The minimum Gasteiger partial charge on any atom is -0.339 e. The number of amides is 1. The highest BCUT2D eigenvalue weighted by Gasteiger charge is 2.32. The van der Waals surface area contributed by atoms with Crippen molar-refractivity contribution in [3.63, 3.8) is 0 Å². The number of carbonyl (C=O) groups excluding carboxylic acids is 1. The largest absolute Gasteiger partial charge is 0.339 e. The van der Waals surface area contributed by atoms with Crippen molar-refractivity contribution in [2.45, 2.75) is 24.4 Å². The topological polar surface area (TPSA) is 60.9 Å². The standard InChI is InChI=1S/C33H34ClN3O3S/c1-26-15-17-31(18-16-26)41(39,40)37(24-27-9-8-14-30(34)23-27)25-32(38)35-19-21-36(22-20-35)33(28-10-4-2-5-11-28)29-12-6-3-7-13-29/h2-18,23,33H,19-22,24-25H2,1H3. The van der Waals surface area contributed by atoms with Gasteiger partial charge >= 0.3 is 0 Å². The molecule has 1 heterocycles. The monoisotopic (exact) mass is 587 g/mol. The Hall–Kier alpha value is -3.49. The van der Waals surface area contributed by atoms with E-state index in [1.165, 1.54) is 15.4 Å². The molecule has 0 unspecified atom stereocenters. The van der Waals surface area contributed by atoms with E-state index in [-0.39, 0.29) is 29.9 Å². The smallest absolute Gasteiger partial charge is 0.243 e. The molecule has 4 aromatic rings. The fourth-order valence-corrected chi connectivity index (χ4v) is 6.88. The molecule has 0 atom stereocenters. The van der Waals surface area contributed by atoms with Crippen molar-refractivity contribution in [1.29, 1.82) is 0 Å². The molecule has 8 heteroatoms. The van der Waals surface area contributed by atoms with E-state index in [9.17, 15) is 13.2 Å². The van der Waals surface area contributed by atoms with Gasteiger partial charge in [0.1, 0.15) is 0 Å². The lowest BCUT2D eigenvalue weighted by Crippen LogP contribution is -2.52. The molecule has 0 saturated carbocycles. The summed E-state index contributed by atoms with van der Waals surface area (Å²) < 4.78 is 28.7. The second-order valence-electron chi connectivity index (χ2n) is 10.4. The number of benzene rings is 4. The molecule has 0 spiro atoms. The summed E-state index contributed by atoms with van der Waals surface area (Å²) >= 11 is 6.18. The lowest BCUT2D eigenvalue weighted by molar-refractivity contribution is -0.133. The average Bonchev–Trinajstić information content (AvgIpc) is 2.99. The van der Waals surface area contributed by atoms with Gasteiger partial charge in [-0.25, -0.2) is 8.42 Å². The predicted octanol–water partition coefficient (Wildman–Crippen LogP) is 5.77. The number of hydrogen-bond acceptors (Lipinski definition) is 4. The van der Waals surface area contributed by atoms with Gasteiger partial charge in [0.2, 0.25) is 15.9 Å². The Morgan fingerprint density at radius 1 is 0.805 bits per heavy atom. The van der Waals surface area contributed by atoms with Gasteiger partial charge in [-0.3, -0.25) is 9.69 Å². The van der Waals surface area contributed by atoms with Gasteiger partial charge < -0.3 is 4.90 Å². The van der Waals surface area contributed by atoms with E-state index >= 15 is 0 Å². The van der Waals surface area contributed by atoms with Crippen LogP contribution in [0, 0.1) is 6.92 Å². The molecule has 0 bridgehead atoms. The van der Waals surface area contributed by atoms with Crippen LogP contribution in [0.25, 0.3) is 0 Å². The van der Waals surface area contributed by atoms with E-state index < -0.39 is 10.0 Å². The third-order valence-corrected chi connectivity index (χ3v) is 9.52. The molecule has 0 aromatic heterocycles. The zero-order valence-electron chi connectivity index (χ0n) is 23.1. The van der Waals surface area contributed by atoms with Crippen LogP contribution in [0.4, 0.5) is 0 Å². The van der Waals surface area contributed by atoms with Crippen LogP contribution in [0.3, 0.4) is 0 Å². The van der Waals surface area contributed by atoms with Gasteiger partial charge in [0.25, 0.3) is 0 Å². The zero-order chi connectivity index (χ0) is 28.8. The summed E-state index contributed by atoms with van der Waals surface area (Å²) in [7, 11) is -3.93. The minimum atomic E-state index is -3.93. The molecule has 1 amide bonds. The highest BCUT2D eigenvalue weighted by Crippen LogP contribution is 2.29. The van der Waals surface area contributed by atoms with E-state index in [4.69, 9.17) is 11.6 Å². The first kappa shape index (κ1) is 29.0. The van der Waals surface area contributed by atoms with Crippen LogP contribution in [0.1, 0.15) is 28.3 Å². The number of carbonyl (C=O) groups is 1. The Balaban J connectivity index is 1.33. The van der Waals surface area contributed by atoms with Crippen molar-refractivity contribution in [2.24, 2.45) is 0 Å². The first-order chi connectivity index (χ1) is 19.8. The van der Waals surface area contributed by atoms with Crippen molar-refractivity contribution >= 4 is 27.5 Å². The maximum absolute atomic E-state index is 13.7. The third kappa shape index (κ3) is 7.05. The molecule has 0 radical (unpaired) electrons. The van der Waals surface area contributed by atoms with Crippen LogP contribution in [0.2, 0.25) is 5.02 Å². The number of rotatable bonds is 9. The highest BCUT2D eigenvalue weighted by molar-refractivity contribution is 7.89. The molecular formula is C33H34ClN3O3S. The lowest BCUT2D eigenvalue weighted by atomic mass is 9.96. The van der Waals surface area contributed by atoms with Gasteiger partial charge in [0.15, 0.2) is 0 Å². The number of hydrogen-bond donors (Lipinski definition) is 0. The Labute approximate surface area is 247 Å². The summed E-state index contributed by atoms with van der Waals surface area (Å²) in [6.07, 6.45) is 0. The van der Waals surface area contributed by atoms with E-state index in [0.717, 1.165) is 11.1 Å². The molecule has 5 rings (SSSR count). The predicted molar refractivity (Wildman–Crippen MR) is 163 cm³/mol. The van der Waals surface area contributed by atoms with Crippen molar-refractivity contribution in [1.82, 2.24) is 14.1 Å². The summed E-state index contributed by atoms with van der Waals surface area (Å²) in [6.45, 7) is 4.10. The number of nitrogens with zero attached hydrogens (tertiary/aromatic N) is 3. The Morgan fingerprint density at radius 3 is 1.95 bits per heavy atom. The third-order valence-electron chi connectivity index (χ3n) is 7.48. The summed E-state index contributed by atoms with van der Waals surface area (Å²) in [4.78, 5) is 17.9. The van der Waals surface area contributed by atoms with Gasteiger partial charge in [0, 0.05) is 37.7 Å². The molecular weight excluding hydrogens is 554 g/mol. The second kappa shape index (κ2) is 13.0. The van der Waals surface area contributed by atoms with Crippen molar-refractivity contribution in [2.75, 3.05) is 32.7 Å². The number of piperazine rings is 1. The molecule has 6 nitrogen and oxygen atoms in total. The first-order valence-corrected chi connectivity index (χ1v) is 15.6. The number of aryl methyl sites for hydroxylation is 1. The van der Waals surface area contributed by atoms with Gasteiger partial charge in [-0.1, -0.05) is 102 Å². The molecule has 41 heavy (non-hydrogen) atoms. The minimum absolute atomic E-state index is 0.0482. The van der Waals surface area contributed by atoms with E-state index in [1.807, 2.05) is 49.4 Å². The van der Waals surface area contributed by atoms with Crippen LogP contribution >= 0.6 is 11.6 Å².